The lowest BCUT2D eigenvalue weighted by atomic mass is 10.2. The third-order valence-electron chi connectivity index (χ3n) is 3.55. The second-order valence-electron chi connectivity index (χ2n) is 5.21. The van der Waals surface area contributed by atoms with Crippen LogP contribution < -0.4 is 5.32 Å². The Morgan fingerprint density at radius 2 is 1.95 bits per heavy atom. The van der Waals surface area contributed by atoms with Gasteiger partial charge in [0.05, 0.1) is 16.4 Å². The van der Waals surface area contributed by atoms with Crippen molar-refractivity contribution in [2.75, 3.05) is 6.54 Å². The number of hydrogen-bond donors (Lipinski definition) is 1. The zero-order valence-electron chi connectivity index (χ0n) is 13.1. The van der Waals surface area contributed by atoms with Crippen LogP contribution in [0.2, 0.25) is 5.02 Å². The van der Waals surface area contributed by atoms with Crippen LogP contribution in [0.1, 0.15) is 44.1 Å². The average molecular weight is 306 g/mol. The van der Waals surface area contributed by atoms with E-state index in [4.69, 9.17) is 11.6 Å². The molecule has 21 heavy (non-hydrogen) atoms. The van der Waals surface area contributed by atoms with Crippen LogP contribution in [0.15, 0.2) is 24.3 Å². The molecule has 2 rings (SSSR count). The van der Waals surface area contributed by atoms with Crippen LogP contribution in [0.3, 0.4) is 0 Å². The van der Waals surface area contributed by atoms with Crippen molar-refractivity contribution in [3.63, 3.8) is 0 Å². The molecule has 0 spiro atoms. The van der Waals surface area contributed by atoms with E-state index in [-0.39, 0.29) is 0 Å². The highest BCUT2D eigenvalue weighted by atomic mass is 35.5. The summed E-state index contributed by atoms with van der Waals surface area (Å²) >= 11 is 6.47. The van der Waals surface area contributed by atoms with Gasteiger partial charge in [-0.1, -0.05) is 38.4 Å². The number of aromatic nitrogens is 2. The number of halogens is 1. The fraction of sp³-hybridized carbons (Fsp3) is 0.471. The first-order chi connectivity index (χ1) is 10.2. The Bertz CT molecular complexity index is 590. The highest BCUT2D eigenvalue weighted by Crippen LogP contribution is 2.24. The van der Waals surface area contributed by atoms with Crippen LogP contribution in [-0.4, -0.2) is 16.3 Å². The van der Waals surface area contributed by atoms with Crippen LogP contribution >= 0.6 is 11.6 Å². The van der Waals surface area contributed by atoms with E-state index < -0.39 is 0 Å². The number of nitrogens with one attached hydrogen (secondary N) is 1. The highest BCUT2D eigenvalue weighted by Gasteiger charge is 2.11. The third kappa shape index (κ3) is 3.86. The summed E-state index contributed by atoms with van der Waals surface area (Å²) in [5.41, 5.74) is 4.48. The lowest BCUT2D eigenvalue weighted by Gasteiger charge is -2.10. The van der Waals surface area contributed by atoms with Gasteiger partial charge in [0.25, 0.3) is 0 Å². The summed E-state index contributed by atoms with van der Waals surface area (Å²) in [5.74, 6) is 0. The number of rotatable bonds is 7. The van der Waals surface area contributed by atoms with Crippen LogP contribution in [0.25, 0.3) is 5.69 Å². The molecular formula is C17H24ClN3. The topological polar surface area (TPSA) is 29.9 Å². The van der Waals surface area contributed by atoms with E-state index in [1.807, 2.05) is 10.7 Å². The summed E-state index contributed by atoms with van der Waals surface area (Å²) in [6.07, 6.45) is 3.03. The standard InChI is InChI=1S/C17H24ClN3/c1-4-9-19-12-13-7-8-17(16(18)10-13)21-15(6-3)11-14(5-2)20-21/h7-8,10-11,19H,4-6,9,12H2,1-3H3. The molecule has 0 saturated heterocycles. The minimum Gasteiger partial charge on any atom is -0.313 e. The first-order valence-corrected chi connectivity index (χ1v) is 8.14. The van der Waals surface area contributed by atoms with Crippen LogP contribution in [0, 0.1) is 0 Å². The van der Waals surface area contributed by atoms with Gasteiger partial charge in [-0.3, -0.25) is 0 Å². The molecular weight excluding hydrogens is 282 g/mol. The van der Waals surface area contributed by atoms with Crippen molar-refractivity contribution in [1.82, 2.24) is 15.1 Å². The van der Waals surface area contributed by atoms with E-state index in [0.29, 0.717) is 0 Å². The van der Waals surface area contributed by atoms with Crippen LogP contribution in [0.5, 0.6) is 0 Å². The second kappa shape index (κ2) is 7.62. The maximum absolute atomic E-state index is 6.47. The Morgan fingerprint density at radius 1 is 1.14 bits per heavy atom. The van der Waals surface area contributed by atoms with Crippen LogP contribution in [-0.2, 0) is 19.4 Å². The molecule has 0 atom stereocenters. The van der Waals surface area contributed by atoms with Crippen molar-refractivity contribution in [1.29, 1.82) is 0 Å². The van der Waals surface area contributed by atoms with Crippen molar-refractivity contribution in [2.45, 2.75) is 46.6 Å². The predicted molar refractivity (Wildman–Crippen MR) is 89.3 cm³/mol. The van der Waals surface area contributed by atoms with E-state index in [0.717, 1.165) is 48.8 Å². The maximum atomic E-state index is 6.47. The molecule has 1 aromatic carbocycles. The fourth-order valence-corrected chi connectivity index (χ4v) is 2.63. The summed E-state index contributed by atoms with van der Waals surface area (Å²) in [5, 5.41) is 8.80. The van der Waals surface area contributed by atoms with Gasteiger partial charge >= 0.3 is 0 Å². The molecule has 4 heteroatoms. The summed E-state index contributed by atoms with van der Waals surface area (Å²) in [7, 11) is 0. The van der Waals surface area contributed by atoms with Crippen LogP contribution in [0.4, 0.5) is 0 Å². The van der Waals surface area contributed by atoms with Crippen molar-refractivity contribution in [3.8, 4) is 5.69 Å². The van der Waals surface area contributed by atoms with E-state index in [1.165, 1.54) is 11.3 Å². The Labute approximate surface area is 132 Å². The predicted octanol–water partition coefficient (Wildman–Crippen LogP) is 4.15. The lowest BCUT2D eigenvalue weighted by molar-refractivity contribution is 0.675. The molecule has 0 amide bonds. The summed E-state index contributed by atoms with van der Waals surface area (Å²) in [6.45, 7) is 8.31. The molecule has 0 fully saturated rings. The molecule has 0 aliphatic carbocycles. The number of benzene rings is 1. The molecule has 2 aromatic rings. The molecule has 0 unspecified atom stereocenters. The molecule has 0 saturated carbocycles. The van der Waals surface area contributed by atoms with E-state index in [9.17, 15) is 0 Å². The van der Waals surface area contributed by atoms with Gasteiger partial charge in [-0.05, 0) is 49.6 Å². The van der Waals surface area contributed by atoms with E-state index in [2.05, 4.69) is 49.4 Å². The number of aryl methyl sites for hydroxylation is 2. The average Bonchev–Trinajstić information content (AvgIpc) is 2.91. The zero-order valence-corrected chi connectivity index (χ0v) is 13.9. The molecule has 1 heterocycles. The minimum atomic E-state index is 0.756. The summed E-state index contributed by atoms with van der Waals surface area (Å²) in [4.78, 5) is 0. The van der Waals surface area contributed by atoms with Gasteiger partial charge in [0, 0.05) is 12.2 Å². The smallest absolute Gasteiger partial charge is 0.0835 e. The van der Waals surface area contributed by atoms with Gasteiger partial charge in [0.2, 0.25) is 0 Å². The van der Waals surface area contributed by atoms with Crippen molar-refractivity contribution in [3.05, 3.63) is 46.2 Å². The van der Waals surface area contributed by atoms with Gasteiger partial charge in [-0.25, -0.2) is 4.68 Å². The molecule has 1 N–H and O–H groups in total. The van der Waals surface area contributed by atoms with Crippen molar-refractivity contribution < 1.29 is 0 Å². The van der Waals surface area contributed by atoms with Gasteiger partial charge in [0.15, 0.2) is 0 Å². The normalized spacial score (nSPS) is 11.0. The molecule has 0 aliphatic rings. The molecule has 0 aliphatic heterocycles. The zero-order chi connectivity index (χ0) is 15.2. The van der Waals surface area contributed by atoms with Gasteiger partial charge in [-0.2, -0.15) is 5.10 Å². The lowest BCUT2D eigenvalue weighted by Crippen LogP contribution is -2.14. The van der Waals surface area contributed by atoms with E-state index >= 15 is 0 Å². The molecule has 114 valence electrons. The summed E-state index contributed by atoms with van der Waals surface area (Å²) in [6, 6.07) is 8.38. The first-order valence-electron chi connectivity index (χ1n) is 7.76. The molecule has 3 nitrogen and oxygen atoms in total. The van der Waals surface area contributed by atoms with Crippen molar-refractivity contribution in [2.24, 2.45) is 0 Å². The maximum Gasteiger partial charge on any atom is 0.0835 e. The monoisotopic (exact) mass is 305 g/mol. The molecule has 0 radical (unpaired) electrons. The molecule has 0 bridgehead atoms. The Balaban J connectivity index is 2.26. The van der Waals surface area contributed by atoms with E-state index in [1.54, 1.807) is 0 Å². The van der Waals surface area contributed by atoms with Gasteiger partial charge in [0.1, 0.15) is 0 Å². The Kier molecular flexibility index (Phi) is 5.83. The highest BCUT2D eigenvalue weighted by molar-refractivity contribution is 6.32. The third-order valence-corrected chi connectivity index (χ3v) is 3.86. The number of nitrogens with zero attached hydrogens (tertiary/aromatic N) is 2. The molecule has 1 aromatic heterocycles. The fourth-order valence-electron chi connectivity index (χ4n) is 2.35. The summed E-state index contributed by atoms with van der Waals surface area (Å²) < 4.78 is 1.98. The first kappa shape index (κ1) is 16.1. The van der Waals surface area contributed by atoms with Gasteiger partial charge in [-0.15, -0.1) is 0 Å². The van der Waals surface area contributed by atoms with Crippen molar-refractivity contribution >= 4 is 11.6 Å². The quantitative estimate of drug-likeness (QED) is 0.779. The van der Waals surface area contributed by atoms with Gasteiger partial charge < -0.3 is 5.32 Å². The Hall–Kier alpha value is -1.32. The second-order valence-corrected chi connectivity index (χ2v) is 5.62. The number of hydrogen-bond acceptors (Lipinski definition) is 2. The minimum absolute atomic E-state index is 0.756. The SMILES string of the molecule is CCCNCc1ccc(-n2nc(CC)cc2CC)c(Cl)c1. The Morgan fingerprint density at radius 3 is 2.57 bits per heavy atom. The largest absolute Gasteiger partial charge is 0.313 e.